The van der Waals surface area contributed by atoms with Gasteiger partial charge in [0.05, 0.1) is 0 Å². The van der Waals surface area contributed by atoms with E-state index in [1.807, 2.05) is 11.9 Å². The van der Waals surface area contributed by atoms with Crippen LogP contribution in [0.5, 0.6) is 0 Å². The van der Waals surface area contributed by atoms with E-state index >= 15 is 0 Å². The Bertz CT molecular complexity index is 251. The number of hydrogen-bond acceptors (Lipinski definition) is 1. The lowest BCUT2D eigenvalue weighted by Crippen LogP contribution is -2.46. The monoisotopic (exact) mass is 317 g/mol. The quantitative estimate of drug-likeness (QED) is 0.666. The topological polar surface area (TPSA) is 20.3 Å². The van der Waals surface area contributed by atoms with Crippen molar-refractivity contribution >= 4 is 21.8 Å². The van der Waals surface area contributed by atoms with Gasteiger partial charge in [-0.25, -0.2) is 0 Å². The number of carbonyl (C=O) groups excluding carboxylic acids is 1. The molecule has 18 heavy (non-hydrogen) atoms. The van der Waals surface area contributed by atoms with Gasteiger partial charge in [0.1, 0.15) is 0 Å². The zero-order valence-corrected chi connectivity index (χ0v) is 13.7. The summed E-state index contributed by atoms with van der Waals surface area (Å²) in [7, 11) is 2.00. The minimum atomic E-state index is 0.242. The molecule has 0 aromatic carbocycles. The highest BCUT2D eigenvalue weighted by molar-refractivity contribution is 9.09. The number of rotatable bonds is 6. The Kier molecular flexibility index (Phi) is 7.28. The molecule has 0 N–H and O–H groups in total. The third kappa shape index (κ3) is 4.25. The van der Waals surface area contributed by atoms with Gasteiger partial charge in [-0.05, 0) is 25.7 Å². The van der Waals surface area contributed by atoms with Gasteiger partial charge in [0.15, 0.2) is 0 Å². The van der Waals surface area contributed by atoms with Crippen LogP contribution in [0.1, 0.15) is 65.2 Å². The van der Waals surface area contributed by atoms with Crippen molar-refractivity contribution in [3.63, 3.8) is 0 Å². The van der Waals surface area contributed by atoms with Gasteiger partial charge in [-0.3, -0.25) is 4.79 Å². The summed E-state index contributed by atoms with van der Waals surface area (Å²) in [4.78, 5) is 15.1. The first-order chi connectivity index (χ1) is 8.61. The first kappa shape index (κ1) is 16.0. The SMILES string of the molecule is CCCC(CCC)C(=O)N(C)C1CCCCC1Br. The lowest BCUT2D eigenvalue weighted by Gasteiger charge is -2.37. The summed E-state index contributed by atoms with van der Waals surface area (Å²) < 4.78 is 0. The zero-order valence-electron chi connectivity index (χ0n) is 12.1. The molecule has 0 radical (unpaired) electrons. The average Bonchev–Trinajstić information content (AvgIpc) is 2.37. The second-order valence-corrected chi connectivity index (χ2v) is 6.77. The molecule has 0 heterocycles. The van der Waals surface area contributed by atoms with Gasteiger partial charge in [-0.15, -0.1) is 0 Å². The Morgan fingerprint density at radius 3 is 2.28 bits per heavy atom. The third-order valence-corrected chi connectivity index (χ3v) is 5.18. The summed E-state index contributed by atoms with van der Waals surface area (Å²) in [5.41, 5.74) is 0. The Morgan fingerprint density at radius 1 is 1.22 bits per heavy atom. The molecule has 0 aromatic heterocycles. The highest BCUT2D eigenvalue weighted by atomic mass is 79.9. The molecule has 0 spiro atoms. The fraction of sp³-hybridized carbons (Fsp3) is 0.933. The van der Waals surface area contributed by atoms with Crippen LogP contribution in [0, 0.1) is 5.92 Å². The fourth-order valence-corrected chi connectivity index (χ4v) is 3.98. The van der Waals surface area contributed by atoms with Crippen LogP contribution in [-0.2, 0) is 4.79 Å². The Hall–Kier alpha value is -0.0500. The summed E-state index contributed by atoms with van der Waals surface area (Å²) >= 11 is 3.76. The highest BCUT2D eigenvalue weighted by Crippen LogP contribution is 2.29. The van der Waals surface area contributed by atoms with Gasteiger partial charge in [0, 0.05) is 23.8 Å². The first-order valence-corrected chi connectivity index (χ1v) is 8.44. The minimum absolute atomic E-state index is 0.242. The van der Waals surface area contributed by atoms with Crippen molar-refractivity contribution in [1.29, 1.82) is 0 Å². The van der Waals surface area contributed by atoms with Gasteiger partial charge in [-0.1, -0.05) is 55.5 Å². The molecule has 2 atom stereocenters. The molecule has 106 valence electrons. The fourth-order valence-electron chi connectivity index (χ4n) is 3.04. The minimum Gasteiger partial charge on any atom is -0.341 e. The van der Waals surface area contributed by atoms with Crippen molar-refractivity contribution < 1.29 is 4.79 Å². The Balaban J connectivity index is 2.61. The molecule has 0 aromatic rings. The van der Waals surface area contributed by atoms with Gasteiger partial charge >= 0.3 is 0 Å². The maximum atomic E-state index is 12.6. The number of nitrogens with zero attached hydrogens (tertiary/aromatic N) is 1. The number of carbonyl (C=O) groups is 1. The van der Waals surface area contributed by atoms with E-state index in [1.54, 1.807) is 0 Å². The standard InChI is InChI=1S/C15H28BrNO/c1-4-8-12(9-5-2)15(18)17(3)14-11-7-6-10-13(14)16/h12-14H,4-11H2,1-3H3. The summed E-state index contributed by atoms with van der Waals surface area (Å²) in [5, 5.41) is 0. The van der Waals surface area contributed by atoms with E-state index in [-0.39, 0.29) is 5.92 Å². The Labute approximate surface area is 121 Å². The predicted molar refractivity (Wildman–Crippen MR) is 81.0 cm³/mol. The second-order valence-electron chi connectivity index (χ2n) is 5.59. The van der Waals surface area contributed by atoms with E-state index in [0.29, 0.717) is 16.8 Å². The summed E-state index contributed by atoms with van der Waals surface area (Å²) in [6.45, 7) is 4.34. The van der Waals surface area contributed by atoms with Crippen molar-refractivity contribution in [2.75, 3.05) is 7.05 Å². The van der Waals surface area contributed by atoms with Crippen LogP contribution in [0.3, 0.4) is 0 Å². The summed E-state index contributed by atoms with van der Waals surface area (Å²) in [6.07, 6.45) is 9.20. The molecule has 2 nitrogen and oxygen atoms in total. The van der Waals surface area contributed by atoms with Crippen molar-refractivity contribution in [1.82, 2.24) is 4.90 Å². The molecule has 0 aliphatic heterocycles. The van der Waals surface area contributed by atoms with Gasteiger partial charge in [-0.2, -0.15) is 0 Å². The maximum absolute atomic E-state index is 12.6. The number of alkyl halides is 1. The normalized spacial score (nSPS) is 24.3. The molecule has 1 aliphatic carbocycles. The molecule has 1 aliphatic rings. The lowest BCUT2D eigenvalue weighted by atomic mass is 9.91. The average molecular weight is 318 g/mol. The first-order valence-electron chi connectivity index (χ1n) is 7.52. The van der Waals surface area contributed by atoms with Crippen LogP contribution in [0.25, 0.3) is 0 Å². The van der Waals surface area contributed by atoms with Crippen molar-refractivity contribution in [2.45, 2.75) is 76.1 Å². The van der Waals surface area contributed by atoms with E-state index < -0.39 is 0 Å². The van der Waals surface area contributed by atoms with Crippen LogP contribution >= 0.6 is 15.9 Å². The molecular formula is C15H28BrNO. The molecule has 3 heteroatoms. The van der Waals surface area contributed by atoms with Crippen LogP contribution in [-0.4, -0.2) is 28.7 Å². The maximum Gasteiger partial charge on any atom is 0.225 e. The van der Waals surface area contributed by atoms with E-state index in [4.69, 9.17) is 0 Å². The number of amides is 1. The summed E-state index contributed by atoms with van der Waals surface area (Å²) in [6, 6.07) is 0.405. The highest BCUT2D eigenvalue weighted by Gasteiger charge is 2.31. The molecule has 0 bridgehead atoms. The van der Waals surface area contributed by atoms with E-state index in [1.165, 1.54) is 19.3 Å². The predicted octanol–water partition coefficient (Wildman–Crippen LogP) is 4.37. The lowest BCUT2D eigenvalue weighted by molar-refractivity contribution is -0.137. The third-order valence-electron chi connectivity index (χ3n) is 4.12. The Morgan fingerprint density at radius 2 is 1.78 bits per heavy atom. The van der Waals surface area contributed by atoms with Crippen molar-refractivity contribution in [3.05, 3.63) is 0 Å². The van der Waals surface area contributed by atoms with Gasteiger partial charge < -0.3 is 4.90 Å². The van der Waals surface area contributed by atoms with Crippen LogP contribution in [0.15, 0.2) is 0 Å². The van der Waals surface area contributed by atoms with Gasteiger partial charge in [0.2, 0.25) is 5.91 Å². The van der Waals surface area contributed by atoms with Gasteiger partial charge in [0.25, 0.3) is 0 Å². The molecule has 1 saturated carbocycles. The molecule has 2 unspecified atom stereocenters. The van der Waals surface area contributed by atoms with Crippen LogP contribution in [0.2, 0.25) is 0 Å². The van der Waals surface area contributed by atoms with E-state index in [9.17, 15) is 4.79 Å². The molecule has 0 saturated heterocycles. The molecular weight excluding hydrogens is 290 g/mol. The number of halogens is 1. The second kappa shape index (κ2) is 8.19. The van der Waals surface area contributed by atoms with Crippen molar-refractivity contribution in [3.8, 4) is 0 Å². The molecule has 1 fully saturated rings. The summed E-state index contributed by atoms with van der Waals surface area (Å²) in [5.74, 6) is 0.613. The largest absolute Gasteiger partial charge is 0.341 e. The molecule has 1 rings (SSSR count). The smallest absolute Gasteiger partial charge is 0.225 e. The molecule has 1 amide bonds. The number of hydrogen-bond donors (Lipinski definition) is 0. The van der Waals surface area contributed by atoms with Crippen LogP contribution < -0.4 is 0 Å². The van der Waals surface area contributed by atoms with E-state index in [0.717, 1.165) is 32.1 Å². The van der Waals surface area contributed by atoms with Crippen molar-refractivity contribution in [2.24, 2.45) is 5.92 Å². The van der Waals surface area contributed by atoms with E-state index in [2.05, 4.69) is 29.8 Å². The van der Waals surface area contributed by atoms with Crippen LogP contribution in [0.4, 0.5) is 0 Å². The zero-order chi connectivity index (χ0) is 13.5.